The summed E-state index contributed by atoms with van der Waals surface area (Å²) in [6.45, 7) is 3.86. The lowest BCUT2D eigenvalue weighted by Crippen LogP contribution is -2.46. The van der Waals surface area contributed by atoms with Gasteiger partial charge in [0.25, 0.3) is 0 Å². The molecule has 1 aromatic carbocycles. The summed E-state index contributed by atoms with van der Waals surface area (Å²) in [5, 5.41) is 0. The van der Waals surface area contributed by atoms with E-state index in [1.807, 2.05) is 44.2 Å². The molecular weight excluding hydrogens is 282 g/mol. The smallest absolute Gasteiger partial charge is 0.212 e. The Kier molecular flexibility index (Phi) is 6.30. The molecule has 108 valence electrons. The molecule has 0 radical (unpaired) electrons. The second-order valence-corrected chi connectivity index (χ2v) is 7.23. The Morgan fingerprint density at radius 3 is 2.42 bits per heavy atom. The Hall–Kier alpha value is -0.580. The third-order valence-corrected chi connectivity index (χ3v) is 5.07. The number of rotatable bonds is 8. The zero-order valence-corrected chi connectivity index (χ0v) is 13.1. The summed E-state index contributed by atoms with van der Waals surface area (Å²) in [5.74, 6) is 0.556. The molecule has 0 aromatic heterocycles. The van der Waals surface area contributed by atoms with Gasteiger partial charge in [0.15, 0.2) is 0 Å². The molecule has 1 rings (SSSR count). The van der Waals surface area contributed by atoms with Crippen molar-refractivity contribution in [3.05, 3.63) is 35.9 Å². The van der Waals surface area contributed by atoms with E-state index < -0.39 is 15.6 Å². The molecular formula is C14H22ClNO2S. The first-order chi connectivity index (χ1) is 8.91. The maximum absolute atomic E-state index is 12.1. The Balaban J connectivity index is 2.61. The van der Waals surface area contributed by atoms with E-state index in [0.29, 0.717) is 18.7 Å². The van der Waals surface area contributed by atoms with Crippen molar-refractivity contribution in [3.63, 3.8) is 0 Å². The van der Waals surface area contributed by atoms with Gasteiger partial charge in [-0.15, -0.1) is 11.6 Å². The number of hydrogen-bond acceptors (Lipinski definition) is 2. The zero-order chi connectivity index (χ0) is 14.4. The fourth-order valence-electron chi connectivity index (χ4n) is 1.83. The Morgan fingerprint density at radius 2 is 1.89 bits per heavy atom. The minimum Gasteiger partial charge on any atom is -0.212 e. The highest BCUT2D eigenvalue weighted by Gasteiger charge is 2.27. The third kappa shape index (κ3) is 5.93. The van der Waals surface area contributed by atoms with Crippen molar-refractivity contribution >= 4 is 21.6 Å². The molecule has 1 atom stereocenters. The highest BCUT2D eigenvalue weighted by Crippen LogP contribution is 2.17. The van der Waals surface area contributed by atoms with Crippen LogP contribution in [0.25, 0.3) is 0 Å². The second-order valence-electron chi connectivity index (χ2n) is 5.01. The second kappa shape index (κ2) is 7.27. The van der Waals surface area contributed by atoms with Crippen LogP contribution in [0.3, 0.4) is 0 Å². The van der Waals surface area contributed by atoms with Crippen LogP contribution in [0.5, 0.6) is 0 Å². The number of halogens is 1. The molecule has 0 amide bonds. The van der Waals surface area contributed by atoms with Crippen molar-refractivity contribution in [1.82, 2.24) is 4.72 Å². The fraction of sp³-hybridized carbons (Fsp3) is 0.571. The van der Waals surface area contributed by atoms with E-state index in [1.54, 1.807) is 0 Å². The molecule has 1 N–H and O–H groups in total. The molecule has 0 saturated carbocycles. The number of hydrogen-bond donors (Lipinski definition) is 1. The highest BCUT2D eigenvalue weighted by atomic mass is 35.5. The molecule has 0 spiro atoms. The summed E-state index contributed by atoms with van der Waals surface area (Å²) >= 11 is 5.73. The minimum absolute atomic E-state index is 0.106. The van der Waals surface area contributed by atoms with Crippen molar-refractivity contribution < 1.29 is 8.42 Å². The Bertz CT molecular complexity index is 475. The topological polar surface area (TPSA) is 46.2 Å². The van der Waals surface area contributed by atoms with Crippen molar-refractivity contribution in [2.45, 2.75) is 38.6 Å². The SMILES string of the molecule is CCC(C)(CCCl)NS(=O)(=O)CCc1ccccc1. The van der Waals surface area contributed by atoms with Crippen LogP contribution in [0, 0.1) is 0 Å². The molecule has 1 aromatic rings. The van der Waals surface area contributed by atoms with Gasteiger partial charge in [-0.1, -0.05) is 37.3 Å². The molecule has 5 heteroatoms. The van der Waals surface area contributed by atoms with Crippen LogP contribution in [0.4, 0.5) is 0 Å². The summed E-state index contributed by atoms with van der Waals surface area (Å²) in [4.78, 5) is 0. The van der Waals surface area contributed by atoms with Crippen LogP contribution in [0.1, 0.15) is 32.3 Å². The summed E-state index contributed by atoms with van der Waals surface area (Å²) in [6, 6.07) is 9.63. The van der Waals surface area contributed by atoms with Gasteiger partial charge < -0.3 is 0 Å². The largest absolute Gasteiger partial charge is 0.212 e. The van der Waals surface area contributed by atoms with Gasteiger partial charge in [0.05, 0.1) is 5.75 Å². The number of aryl methyl sites for hydroxylation is 1. The average molecular weight is 304 g/mol. The van der Waals surface area contributed by atoms with Gasteiger partial charge in [0.2, 0.25) is 10.0 Å². The lowest BCUT2D eigenvalue weighted by molar-refractivity contribution is 0.390. The van der Waals surface area contributed by atoms with Gasteiger partial charge in [-0.05, 0) is 31.7 Å². The third-order valence-electron chi connectivity index (χ3n) is 3.33. The molecule has 0 saturated heterocycles. The van der Waals surface area contributed by atoms with Crippen molar-refractivity contribution in [1.29, 1.82) is 0 Å². The molecule has 3 nitrogen and oxygen atoms in total. The van der Waals surface area contributed by atoms with Crippen molar-refractivity contribution in [2.24, 2.45) is 0 Å². The molecule has 0 aliphatic heterocycles. The lowest BCUT2D eigenvalue weighted by atomic mass is 9.97. The maximum Gasteiger partial charge on any atom is 0.212 e. The van der Waals surface area contributed by atoms with Crippen LogP contribution in [-0.4, -0.2) is 25.6 Å². The van der Waals surface area contributed by atoms with Crippen molar-refractivity contribution in [3.8, 4) is 0 Å². The summed E-state index contributed by atoms with van der Waals surface area (Å²) in [7, 11) is -3.28. The predicted molar refractivity (Wildman–Crippen MR) is 81.1 cm³/mol. The van der Waals surface area contributed by atoms with Crippen LogP contribution in [-0.2, 0) is 16.4 Å². The molecule has 1 unspecified atom stereocenters. The Labute approximate surface area is 121 Å². The molecule has 0 heterocycles. The lowest BCUT2D eigenvalue weighted by Gasteiger charge is -2.28. The van der Waals surface area contributed by atoms with Gasteiger partial charge in [-0.3, -0.25) is 0 Å². The first-order valence-electron chi connectivity index (χ1n) is 6.52. The Morgan fingerprint density at radius 1 is 1.26 bits per heavy atom. The van der Waals surface area contributed by atoms with E-state index in [0.717, 1.165) is 12.0 Å². The molecule has 0 aliphatic carbocycles. The number of benzene rings is 1. The zero-order valence-electron chi connectivity index (χ0n) is 11.5. The monoisotopic (exact) mass is 303 g/mol. The highest BCUT2D eigenvalue weighted by molar-refractivity contribution is 7.89. The van der Waals surface area contributed by atoms with Crippen LogP contribution >= 0.6 is 11.6 Å². The first-order valence-corrected chi connectivity index (χ1v) is 8.71. The normalized spacial score (nSPS) is 15.1. The van der Waals surface area contributed by atoms with Crippen LogP contribution < -0.4 is 4.72 Å². The van der Waals surface area contributed by atoms with E-state index in [9.17, 15) is 8.42 Å². The number of alkyl halides is 1. The summed E-state index contributed by atoms with van der Waals surface area (Å²) in [6.07, 6.45) is 1.89. The number of sulfonamides is 1. The van der Waals surface area contributed by atoms with Gasteiger partial charge in [-0.25, -0.2) is 13.1 Å². The maximum atomic E-state index is 12.1. The van der Waals surface area contributed by atoms with E-state index in [1.165, 1.54) is 0 Å². The van der Waals surface area contributed by atoms with Crippen LogP contribution in [0.15, 0.2) is 30.3 Å². The van der Waals surface area contributed by atoms with E-state index >= 15 is 0 Å². The molecule has 19 heavy (non-hydrogen) atoms. The quantitative estimate of drug-likeness (QED) is 0.751. The van der Waals surface area contributed by atoms with Gasteiger partial charge in [0, 0.05) is 11.4 Å². The molecule has 0 bridgehead atoms. The van der Waals surface area contributed by atoms with Gasteiger partial charge >= 0.3 is 0 Å². The van der Waals surface area contributed by atoms with Gasteiger partial charge in [0.1, 0.15) is 0 Å². The average Bonchev–Trinajstić information content (AvgIpc) is 2.37. The standard InChI is InChI=1S/C14H22ClNO2S/c1-3-14(2,10-11-15)16-19(17,18)12-9-13-7-5-4-6-8-13/h4-8,16H,3,9-12H2,1-2H3. The molecule has 0 fully saturated rings. The molecule has 0 aliphatic rings. The predicted octanol–water partition coefficient (Wildman–Crippen LogP) is 2.95. The number of nitrogens with one attached hydrogen (secondary N) is 1. The van der Waals surface area contributed by atoms with Crippen molar-refractivity contribution in [2.75, 3.05) is 11.6 Å². The van der Waals surface area contributed by atoms with E-state index in [-0.39, 0.29) is 5.75 Å². The first kappa shape index (κ1) is 16.5. The van der Waals surface area contributed by atoms with E-state index in [2.05, 4.69) is 4.72 Å². The minimum atomic E-state index is -3.28. The van der Waals surface area contributed by atoms with E-state index in [4.69, 9.17) is 11.6 Å². The van der Waals surface area contributed by atoms with Gasteiger partial charge in [-0.2, -0.15) is 0 Å². The van der Waals surface area contributed by atoms with Crippen LogP contribution in [0.2, 0.25) is 0 Å². The fourth-order valence-corrected chi connectivity index (χ4v) is 3.85. The summed E-state index contributed by atoms with van der Waals surface area (Å²) < 4.78 is 27.0. The summed E-state index contributed by atoms with van der Waals surface area (Å²) in [5.41, 5.74) is 0.584.